The Bertz CT molecular complexity index is 1090. The Hall–Kier alpha value is -3.13. The molecule has 1 amide bonds. The molecule has 1 aliphatic heterocycles. The molecule has 0 fully saturated rings. The Balaban J connectivity index is 1.75. The lowest BCUT2D eigenvalue weighted by atomic mass is 9.98. The van der Waals surface area contributed by atoms with Crippen LogP contribution in [0.1, 0.15) is 34.1 Å². The van der Waals surface area contributed by atoms with Gasteiger partial charge in [-0.1, -0.05) is 12.1 Å². The Morgan fingerprint density at radius 2 is 1.77 bits per heavy atom. The highest BCUT2D eigenvalue weighted by Gasteiger charge is 2.35. The molecular weight excluding hydrogens is 455 g/mol. The Morgan fingerprint density at radius 3 is 2.33 bits per heavy atom. The molecule has 0 aliphatic carbocycles. The molecule has 0 N–H and O–H groups in total. The number of hydrogen-bond donors (Lipinski definition) is 0. The highest BCUT2D eigenvalue weighted by atomic mass is 79.9. The number of ether oxygens (including phenoxy) is 2. The standard InChI is InChI=1S/C22H18BrFN2O4/c1-28-16-9-14(10-17(11-16)29-2)18-12-19(13-3-5-15(24)6-4-13)26(25-18)22(27)20-7-8-21(23)30-20/h3-11,19H,12H2,1-2H3. The minimum Gasteiger partial charge on any atom is -0.497 e. The van der Waals surface area contributed by atoms with Crippen molar-refractivity contribution in [2.24, 2.45) is 5.10 Å². The van der Waals surface area contributed by atoms with Crippen LogP contribution in [0.5, 0.6) is 11.5 Å². The van der Waals surface area contributed by atoms with Gasteiger partial charge in [0.1, 0.15) is 17.3 Å². The first-order valence-electron chi connectivity index (χ1n) is 9.14. The number of carbonyl (C=O) groups excluding carboxylic acids is 1. The summed E-state index contributed by atoms with van der Waals surface area (Å²) in [6, 6.07) is 14.3. The summed E-state index contributed by atoms with van der Waals surface area (Å²) in [6.45, 7) is 0. The van der Waals surface area contributed by atoms with Crippen LogP contribution in [0, 0.1) is 5.82 Å². The zero-order valence-electron chi connectivity index (χ0n) is 16.3. The van der Waals surface area contributed by atoms with Crippen molar-refractivity contribution in [2.45, 2.75) is 12.5 Å². The number of carbonyl (C=O) groups is 1. The van der Waals surface area contributed by atoms with E-state index in [1.165, 1.54) is 17.1 Å². The van der Waals surface area contributed by atoms with Crippen molar-refractivity contribution in [2.75, 3.05) is 14.2 Å². The van der Waals surface area contributed by atoms with Crippen molar-refractivity contribution in [1.29, 1.82) is 0 Å². The number of nitrogens with zero attached hydrogens (tertiary/aromatic N) is 2. The van der Waals surface area contributed by atoms with E-state index < -0.39 is 6.04 Å². The van der Waals surface area contributed by atoms with E-state index in [2.05, 4.69) is 21.0 Å². The smallest absolute Gasteiger partial charge is 0.310 e. The zero-order chi connectivity index (χ0) is 21.3. The monoisotopic (exact) mass is 472 g/mol. The molecule has 154 valence electrons. The number of hydrazone groups is 1. The Morgan fingerprint density at radius 1 is 1.10 bits per heavy atom. The number of halogens is 2. The van der Waals surface area contributed by atoms with E-state index in [1.807, 2.05) is 12.1 Å². The second-order valence-corrected chi connectivity index (χ2v) is 7.45. The van der Waals surface area contributed by atoms with Gasteiger partial charge < -0.3 is 13.9 Å². The van der Waals surface area contributed by atoms with Crippen LogP contribution in [0.2, 0.25) is 0 Å². The summed E-state index contributed by atoms with van der Waals surface area (Å²) in [7, 11) is 3.14. The average Bonchev–Trinajstić information content (AvgIpc) is 3.40. The lowest BCUT2D eigenvalue weighted by molar-refractivity contribution is 0.0677. The number of benzene rings is 2. The molecule has 6 nitrogen and oxygen atoms in total. The van der Waals surface area contributed by atoms with Gasteiger partial charge >= 0.3 is 5.91 Å². The van der Waals surface area contributed by atoms with Crippen LogP contribution in [0.25, 0.3) is 0 Å². The predicted molar refractivity (Wildman–Crippen MR) is 112 cm³/mol. The van der Waals surface area contributed by atoms with E-state index in [4.69, 9.17) is 13.9 Å². The number of furan rings is 1. The maximum Gasteiger partial charge on any atom is 0.310 e. The molecular formula is C22H18BrFN2O4. The van der Waals surface area contributed by atoms with Crippen LogP contribution in [-0.2, 0) is 0 Å². The fourth-order valence-corrected chi connectivity index (χ4v) is 3.64. The van der Waals surface area contributed by atoms with E-state index >= 15 is 0 Å². The number of amides is 1. The summed E-state index contributed by atoms with van der Waals surface area (Å²) in [5.41, 5.74) is 2.22. The van der Waals surface area contributed by atoms with E-state index in [0.29, 0.717) is 28.3 Å². The molecule has 0 radical (unpaired) electrons. The van der Waals surface area contributed by atoms with E-state index in [0.717, 1.165) is 11.1 Å². The van der Waals surface area contributed by atoms with Crippen molar-refractivity contribution in [3.63, 3.8) is 0 Å². The van der Waals surface area contributed by atoms with Gasteiger partial charge in [0, 0.05) is 18.1 Å². The van der Waals surface area contributed by atoms with Gasteiger partial charge in [-0.2, -0.15) is 5.10 Å². The second kappa shape index (κ2) is 8.31. The largest absolute Gasteiger partial charge is 0.497 e. The van der Waals surface area contributed by atoms with Crippen LogP contribution < -0.4 is 9.47 Å². The molecule has 0 bridgehead atoms. The molecule has 0 saturated heterocycles. The Labute approximate surface area is 181 Å². The molecule has 1 unspecified atom stereocenters. The molecule has 3 aromatic rings. The summed E-state index contributed by atoms with van der Waals surface area (Å²) in [5, 5.41) is 5.97. The molecule has 2 heterocycles. The summed E-state index contributed by atoms with van der Waals surface area (Å²) >= 11 is 3.21. The molecule has 2 aromatic carbocycles. The highest BCUT2D eigenvalue weighted by Crippen LogP contribution is 2.36. The third-order valence-corrected chi connectivity index (χ3v) is 5.27. The summed E-state index contributed by atoms with van der Waals surface area (Å²) in [6.07, 6.45) is 0.440. The fourth-order valence-electron chi connectivity index (χ4n) is 3.33. The minimum atomic E-state index is -0.408. The van der Waals surface area contributed by atoms with Crippen molar-refractivity contribution < 1.29 is 23.1 Å². The highest BCUT2D eigenvalue weighted by molar-refractivity contribution is 9.10. The zero-order valence-corrected chi connectivity index (χ0v) is 17.8. The van der Waals surface area contributed by atoms with Crippen LogP contribution in [0.4, 0.5) is 4.39 Å². The fraction of sp³-hybridized carbons (Fsp3) is 0.182. The molecule has 8 heteroatoms. The van der Waals surface area contributed by atoms with Crippen LogP contribution in [0.15, 0.2) is 68.8 Å². The van der Waals surface area contributed by atoms with Crippen LogP contribution in [-0.4, -0.2) is 30.8 Å². The van der Waals surface area contributed by atoms with Crippen LogP contribution in [0.3, 0.4) is 0 Å². The predicted octanol–water partition coefficient (Wildman–Crippen LogP) is 5.19. The van der Waals surface area contributed by atoms with Gasteiger partial charge in [0.2, 0.25) is 0 Å². The molecule has 4 rings (SSSR count). The first-order chi connectivity index (χ1) is 14.5. The Kier molecular flexibility index (Phi) is 5.59. The second-order valence-electron chi connectivity index (χ2n) is 6.67. The number of methoxy groups -OCH3 is 2. The molecule has 1 atom stereocenters. The van der Waals surface area contributed by atoms with Gasteiger partial charge in [0.05, 0.1) is 26.0 Å². The van der Waals surface area contributed by atoms with Crippen molar-refractivity contribution in [3.8, 4) is 11.5 Å². The van der Waals surface area contributed by atoms with Gasteiger partial charge in [0.25, 0.3) is 0 Å². The van der Waals surface area contributed by atoms with E-state index in [9.17, 15) is 9.18 Å². The average molecular weight is 473 g/mol. The molecule has 0 spiro atoms. The topological polar surface area (TPSA) is 64.3 Å². The first-order valence-corrected chi connectivity index (χ1v) is 9.93. The van der Waals surface area contributed by atoms with Crippen LogP contribution >= 0.6 is 15.9 Å². The normalized spacial score (nSPS) is 15.8. The summed E-state index contributed by atoms with van der Waals surface area (Å²) in [5.74, 6) is 0.653. The lowest BCUT2D eigenvalue weighted by Gasteiger charge is -2.21. The number of rotatable bonds is 5. The van der Waals surface area contributed by atoms with Gasteiger partial charge in [-0.15, -0.1) is 0 Å². The first kappa shape index (κ1) is 20.2. The molecule has 0 saturated carbocycles. The molecule has 30 heavy (non-hydrogen) atoms. The molecule has 1 aliphatic rings. The third kappa shape index (κ3) is 3.95. The summed E-state index contributed by atoms with van der Waals surface area (Å²) in [4.78, 5) is 13.1. The van der Waals surface area contributed by atoms with Gasteiger partial charge in [0.15, 0.2) is 10.4 Å². The minimum absolute atomic E-state index is 0.155. The maximum atomic E-state index is 13.4. The van der Waals surface area contributed by atoms with Gasteiger partial charge in [-0.3, -0.25) is 4.79 Å². The maximum absolute atomic E-state index is 13.4. The van der Waals surface area contributed by atoms with Crippen molar-refractivity contribution in [1.82, 2.24) is 5.01 Å². The quantitative estimate of drug-likeness (QED) is 0.512. The SMILES string of the molecule is COc1cc(OC)cc(C2=NN(C(=O)c3ccc(Br)o3)C(c3ccc(F)cc3)C2)c1. The molecule has 1 aromatic heterocycles. The third-order valence-electron chi connectivity index (χ3n) is 4.84. The van der Waals surface area contributed by atoms with Gasteiger partial charge in [-0.25, -0.2) is 9.40 Å². The summed E-state index contributed by atoms with van der Waals surface area (Å²) < 4.78 is 30.0. The number of hydrogen-bond acceptors (Lipinski definition) is 5. The van der Waals surface area contributed by atoms with E-state index in [-0.39, 0.29) is 17.5 Å². The van der Waals surface area contributed by atoms with Crippen molar-refractivity contribution >= 4 is 27.5 Å². The lowest BCUT2D eigenvalue weighted by Crippen LogP contribution is -2.26. The van der Waals surface area contributed by atoms with Crippen molar-refractivity contribution in [3.05, 3.63) is 82.0 Å². The van der Waals surface area contributed by atoms with Gasteiger partial charge in [-0.05, 0) is 57.9 Å². The van der Waals surface area contributed by atoms with E-state index in [1.54, 1.807) is 44.6 Å².